The van der Waals surface area contributed by atoms with Crippen molar-refractivity contribution in [1.82, 2.24) is 4.90 Å². The number of aldehydes is 1. The van der Waals surface area contributed by atoms with Crippen LogP contribution in [0.2, 0.25) is 0 Å². The third kappa shape index (κ3) is 5.28. The van der Waals surface area contributed by atoms with Gasteiger partial charge in [-0.15, -0.1) is 0 Å². The lowest BCUT2D eigenvalue weighted by Crippen LogP contribution is -2.37. The number of carbonyl (C=O) groups is 2. The average Bonchev–Trinajstić information content (AvgIpc) is 2.34. The first-order chi connectivity index (χ1) is 8.13. The summed E-state index contributed by atoms with van der Waals surface area (Å²) in [6.07, 6.45) is 2.20. The van der Waals surface area contributed by atoms with E-state index in [0.29, 0.717) is 18.6 Å². The highest BCUT2D eigenvalue weighted by atomic mass is 16.5. The zero-order valence-electron chi connectivity index (χ0n) is 10.4. The SMILES string of the molecule is C[C@H](CCN1CCOCC1)C[C@@H](C=O)C(N)=O. The lowest BCUT2D eigenvalue weighted by Gasteiger charge is -2.27. The molecule has 1 fully saturated rings. The minimum Gasteiger partial charge on any atom is -0.379 e. The highest BCUT2D eigenvalue weighted by Gasteiger charge is 2.18. The standard InChI is InChI=1S/C12H22N2O3/c1-10(8-11(9-15)12(13)16)2-3-14-4-6-17-7-5-14/h9-11H,2-8H2,1H3,(H2,13,16)/t10-,11+/m1/s1. The molecule has 1 aliphatic heterocycles. The second-order valence-electron chi connectivity index (χ2n) is 4.73. The highest BCUT2D eigenvalue weighted by Crippen LogP contribution is 2.15. The molecule has 0 bridgehead atoms. The average molecular weight is 242 g/mol. The van der Waals surface area contributed by atoms with Crippen LogP contribution < -0.4 is 5.73 Å². The van der Waals surface area contributed by atoms with E-state index in [1.165, 1.54) is 0 Å². The van der Waals surface area contributed by atoms with Crippen LogP contribution in [0, 0.1) is 11.8 Å². The Morgan fingerprint density at radius 3 is 2.65 bits per heavy atom. The van der Waals surface area contributed by atoms with E-state index in [0.717, 1.165) is 39.3 Å². The number of hydrogen-bond donors (Lipinski definition) is 1. The summed E-state index contributed by atoms with van der Waals surface area (Å²) >= 11 is 0. The molecule has 1 amide bonds. The summed E-state index contributed by atoms with van der Waals surface area (Å²) in [7, 11) is 0. The second-order valence-corrected chi connectivity index (χ2v) is 4.73. The van der Waals surface area contributed by atoms with Crippen LogP contribution in [-0.4, -0.2) is 49.9 Å². The maximum absolute atomic E-state index is 10.9. The van der Waals surface area contributed by atoms with Gasteiger partial charge in [0.25, 0.3) is 0 Å². The minimum atomic E-state index is -0.630. The van der Waals surface area contributed by atoms with Gasteiger partial charge in [-0.1, -0.05) is 6.92 Å². The molecule has 98 valence electrons. The summed E-state index contributed by atoms with van der Waals surface area (Å²) in [5.41, 5.74) is 5.14. The zero-order valence-corrected chi connectivity index (χ0v) is 10.4. The third-order valence-electron chi connectivity index (χ3n) is 3.23. The van der Waals surface area contributed by atoms with Crippen molar-refractivity contribution in [3.63, 3.8) is 0 Å². The Balaban J connectivity index is 2.21. The first kappa shape index (κ1) is 14.1. The number of carbonyl (C=O) groups excluding carboxylic acids is 2. The van der Waals surface area contributed by atoms with Gasteiger partial charge in [0, 0.05) is 13.1 Å². The Bertz CT molecular complexity index is 252. The number of rotatable bonds is 7. The Labute approximate surface area is 102 Å². The summed E-state index contributed by atoms with van der Waals surface area (Å²) < 4.78 is 5.27. The molecular weight excluding hydrogens is 220 g/mol. The van der Waals surface area contributed by atoms with Crippen LogP contribution in [0.5, 0.6) is 0 Å². The van der Waals surface area contributed by atoms with Gasteiger partial charge in [0.1, 0.15) is 6.29 Å². The first-order valence-electron chi connectivity index (χ1n) is 6.18. The molecule has 2 atom stereocenters. The van der Waals surface area contributed by atoms with Gasteiger partial charge in [-0.25, -0.2) is 0 Å². The Kier molecular flexibility index (Phi) is 6.15. The minimum absolute atomic E-state index is 0.334. The zero-order chi connectivity index (χ0) is 12.7. The lowest BCUT2D eigenvalue weighted by atomic mass is 9.94. The van der Waals surface area contributed by atoms with Gasteiger partial charge in [-0.2, -0.15) is 0 Å². The van der Waals surface area contributed by atoms with E-state index in [9.17, 15) is 9.59 Å². The van der Waals surface area contributed by atoms with Crippen molar-refractivity contribution in [2.24, 2.45) is 17.6 Å². The van der Waals surface area contributed by atoms with Gasteiger partial charge in [0.15, 0.2) is 0 Å². The maximum atomic E-state index is 10.9. The molecule has 2 N–H and O–H groups in total. The number of nitrogens with two attached hydrogens (primary N) is 1. The molecule has 0 aromatic rings. The third-order valence-corrected chi connectivity index (χ3v) is 3.23. The van der Waals surface area contributed by atoms with Gasteiger partial charge >= 0.3 is 0 Å². The Morgan fingerprint density at radius 2 is 2.12 bits per heavy atom. The molecule has 17 heavy (non-hydrogen) atoms. The largest absolute Gasteiger partial charge is 0.379 e. The van der Waals surface area contributed by atoms with Crippen molar-refractivity contribution >= 4 is 12.2 Å². The van der Waals surface area contributed by atoms with E-state index in [1.807, 2.05) is 0 Å². The summed E-state index contributed by atoms with van der Waals surface area (Å²) in [6.45, 7) is 6.59. The normalized spacial score (nSPS) is 20.8. The lowest BCUT2D eigenvalue weighted by molar-refractivity contribution is -0.127. The quantitative estimate of drug-likeness (QED) is 0.505. The van der Waals surface area contributed by atoms with E-state index < -0.39 is 11.8 Å². The van der Waals surface area contributed by atoms with Gasteiger partial charge in [-0.3, -0.25) is 9.69 Å². The predicted molar refractivity (Wildman–Crippen MR) is 64.4 cm³/mol. The number of hydrogen-bond acceptors (Lipinski definition) is 4. The summed E-state index contributed by atoms with van der Waals surface area (Å²) in [5.74, 6) is -0.812. The molecule has 0 saturated carbocycles. The number of primary amides is 1. The first-order valence-corrected chi connectivity index (χ1v) is 6.18. The molecule has 1 rings (SSSR count). The number of amides is 1. The van der Waals surface area contributed by atoms with Crippen LogP contribution in [0.3, 0.4) is 0 Å². The summed E-state index contributed by atoms with van der Waals surface area (Å²) in [6, 6.07) is 0. The molecule has 1 saturated heterocycles. The molecule has 0 aromatic carbocycles. The number of morpholine rings is 1. The van der Waals surface area contributed by atoms with E-state index in [2.05, 4.69) is 11.8 Å². The fourth-order valence-electron chi connectivity index (χ4n) is 2.02. The molecule has 0 aliphatic carbocycles. The van der Waals surface area contributed by atoms with E-state index in [-0.39, 0.29) is 0 Å². The molecule has 5 heteroatoms. The summed E-state index contributed by atoms with van der Waals surface area (Å²) in [4.78, 5) is 23.9. The van der Waals surface area contributed by atoms with Gasteiger partial charge in [0.05, 0.1) is 19.1 Å². The molecule has 5 nitrogen and oxygen atoms in total. The predicted octanol–water partition coefficient (Wildman–Crippen LogP) is 0.0353. The van der Waals surface area contributed by atoms with Crippen LogP contribution >= 0.6 is 0 Å². The Hall–Kier alpha value is -0.940. The van der Waals surface area contributed by atoms with E-state index in [4.69, 9.17) is 10.5 Å². The van der Waals surface area contributed by atoms with Crippen molar-refractivity contribution in [3.05, 3.63) is 0 Å². The molecule has 1 aliphatic rings. The van der Waals surface area contributed by atoms with Crippen molar-refractivity contribution in [1.29, 1.82) is 0 Å². The number of nitrogens with zero attached hydrogens (tertiary/aromatic N) is 1. The van der Waals surface area contributed by atoms with Crippen LogP contribution in [0.1, 0.15) is 19.8 Å². The van der Waals surface area contributed by atoms with Crippen LogP contribution in [0.15, 0.2) is 0 Å². The van der Waals surface area contributed by atoms with E-state index >= 15 is 0 Å². The monoisotopic (exact) mass is 242 g/mol. The fourth-order valence-corrected chi connectivity index (χ4v) is 2.02. The fraction of sp³-hybridized carbons (Fsp3) is 0.833. The smallest absolute Gasteiger partial charge is 0.227 e. The molecule has 1 heterocycles. The topological polar surface area (TPSA) is 72.6 Å². The van der Waals surface area contributed by atoms with Crippen LogP contribution in [0.25, 0.3) is 0 Å². The van der Waals surface area contributed by atoms with Crippen molar-refractivity contribution in [2.45, 2.75) is 19.8 Å². The second kappa shape index (κ2) is 7.40. The summed E-state index contributed by atoms with van der Waals surface area (Å²) in [5, 5.41) is 0. The Morgan fingerprint density at radius 1 is 1.47 bits per heavy atom. The van der Waals surface area contributed by atoms with Gasteiger partial charge in [-0.05, 0) is 25.3 Å². The van der Waals surface area contributed by atoms with Crippen molar-refractivity contribution in [2.75, 3.05) is 32.8 Å². The van der Waals surface area contributed by atoms with Crippen molar-refractivity contribution in [3.8, 4) is 0 Å². The van der Waals surface area contributed by atoms with Gasteiger partial charge in [0.2, 0.25) is 5.91 Å². The van der Waals surface area contributed by atoms with Gasteiger partial charge < -0.3 is 15.3 Å². The van der Waals surface area contributed by atoms with Crippen LogP contribution in [-0.2, 0) is 14.3 Å². The molecule has 0 radical (unpaired) electrons. The molecule has 0 aromatic heterocycles. The maximum Gasteiger partial charge on any atom is 0.227 e. The molecule has 0 spiro atoms. The molecule has 0 unspecified atom stereocenters. The van der Waals surface area contributed by atoms with Crippen molar-refractivity contribution < 1.29 is 14.3 Å². The number of ether oxygens (including phenoxy) is 1. The molecular formula is C12H22N2O3. The van der Waals surface area contributed by atoms with E-state index in [1.54, 1.807) is 0 Å². The van der Waals surface area contributed by atoms with Crippen LogP contribution in [0.4, 0.5) is 0 Å². The highest BCUT2D eigenvalue weighted by molar-refractivity contribution is 5.90.